The van der Waals surface area contributed by atoms with Crippen molar-refractivity contribution >= 4 is 44.2 Å². The third-order valence-corrected chi connectivity index (χ3v) is 10.3. The van der Waals surface area contributed by atoms with E-state index in [1.165, 1.54) is 63.3 Å². The van der Waals surface area contributed by atoms with Crippen molar-refractivity contribution in [3.8, 4) is 20.9 Å². The van der Waals surface area contributed by atoms with E-state index in [2.05, 4.69) is 140 Å². The first-order valence-corrected chi connectivity index (χ1v) is 16.2. The monoisotopic (exact) mass is 722 g/mol. The molecule has 0 nitrogen and oxygen atoms in total. The zero-order chi connectivity index (χ0) is 28.7. The fourth-order valence-electron chi connectivity index (χ4n) is 5.51. The summed E-state index contributed by atoms with van der Waals surface area (Å²) in [5.74, 6) is 0. The van der Waals surface area contributed by atoms with Crippen LogP contribution in [0.4, 0.5) is 0 Å². The Morgan fingerprint density at radius 3 is 1.23 bits per heavy atom. The van der Waals surface area contributed by atoms with Gasteiger partial charge in [-0.3, -0.25) is 0 Å². The van der Waals surface area contributed by atoms with Crippen molar-refractivity contribution in [3.05, 3.63) is 106 Å². The van der Waals surface area contributed by atoms with Crippen molar-refractivity contribution in [2.45, 2.75) is 79.1 Å². The summed E-state index contributed by atoms with van der Waals surface area (Å²) >= 11 is 3.83. The molecule has 2 aromatic heterocycles. The summed E-state index contributed by atoms with van der Waals surface area (Å²) in [5.41, 5.74) is 5.98. The third kappa shape index (κ3) is 8.42. The van der Waals surface area contributed by atoms with Gasteiger partial charge >= 0.3 is 26.2 Å². The van der Waals surface area contributed by atoms with Gasteiger partial charge in [0.2, 0.25) is 0 Å². The summed E-state index contributed by atoms with van der Waals surface area (Å²) in [6, 6.07) is 31.7. The first-order chi connectivity index (χ1) is 19.0. The van der Waals surface area contributed by atoms with E-state index in [1.807, 2.05) is 22.7 Å². The van der Waals surface area contributed by atoms with Gasteiger partial charge in [0.1, 0.15) is 0 Å². The molecular weight excluding hydrogens is 683 g/mol. The van der Waals surface area contributed by atoms with Crippen LogP contribution in [-0.4, -0.2) is 0 Å². The van der Waals surface area contributed by atoms with Gasteiger partial charge in [-0.05, 0) is 43.2 Å². The van der Waals surface area contributed by atoms with Crippen LogP contribution in [0.2, 0.25) is 0 Å². The standard InChI is InChI=1S/2C19H21S.2ClH.Zr/c2*1-5-15-9-10-18(20-15)14-11-13-7-6-8-17(16(13)12-14)19(2,3)4;;;/h2*6-12H,5H2,1-4H3;2*1H;/q2*-1;;;+4/p-2. The first kappa shape index (κ1) is 37.7. The van der Waals surface area contributed by atoms with Crippen LogP contribution >= 0.6 is 22.7 Å². The summed E-state index contributed by atoms with van der Waals surface area (Å²) in [6.45, 7) is 18.2. The molecule has 0 aliphatic carbocycles. The largest absolute Gasteiger partial charge is 4.00 e. The van der Waals surface area contributed by atoms with Crippen molar-refractivity contribution in [1.29, 1.82) is 0 Å². The smallest absolute Gasteiger partial charge is 1.00 e. The summed E-state index contributed by atoms with van der Waals surface area (Å²) in [4.78, 5) is 5.69. The molecule has 0 fully saturated rings. The van der Waals surface area contributed by atoms with Crippen LogP contribution in [0.25, 0.3) is 42.4 Å². The Morgan fingerprint density at radius 2 is 0.930 bits per heavy atom. The molecule has 0 spiro atoms. The quantitative estimate of drug-likeness (QED) is 0.188. The van der Waals surface area contributed by atoms with Crippen LogP contribution in [0, 0.1) is 0 Å². The van der Waals surface area contributed by atoms with Crippen LogP contribution in [0.15, 0.2) is 84.9 Å². The number of aryl methyl sites for hydroxylation is 2. The molecule has 6 rings (SSSR count). The first-order valence-electron chi connectivity index (χ1n) is 14.6. The number of rotatable bonds is 4. The van der Waals surface area contributed by atoms with E-state index in [4.69, 9.17) is 0 Å². The van der Waals surface area contributed by atoms with E-state index < -0.39 is 0 Å². The van der Waals surface area contributed by atoms with Gasteiger partial charge < -0.3 is 24.8 Å². The minimum absolute atomic E-state index is 0. The summed E-state index contributed by atoms with van der Waals surface area (Å²) in [6.07, 6.45) is 2.25. The van der Waals surface area contributed by atoms with Crippen LogP contribution in [0.5, 0.6) is 0 Å². The topological polar surface area (TPSA) is 0 Å². The van der Waals surface area contributed by atoms with Gasteiger partial charge in [-0.25, -0.2) is 0 Å². The minimum atomic E-state index is 0. The second-order valence-electron chi connectivity index (χ2n) is 12.8. The van der Waals surface area contributed by atoms with Gasteiger partial charge in [0.25, 0.3) is 0 Å². The Hall–Kier alpha value is -1.48. The molecule has 0 radical (unpaired) electrons. The van der Waals surface area contributed by atoms with Crippen molar-refractivity contribution in [2.75, 3.05) is 0 Å². The van der Waals surface area contributed by atoms with E-state index in [0.717, 1.165) is 12.8 Å². The van der Waals surface area contributed by atoms with Crippen molar-refractivity contribution in [2.24, 2.45) is 0 Å². The van der Waals surface area contributed by atoms with Crippen LogP contribution in [0.3, 0.4) is 0 Å². The van der Waals surface area contributed by atoms with Crippen molar-refractivity contribution < 1.29 is 51.0 Å². The molecule has 224 valence electrons. The molecule has 6 aromatic rings. The van der Waals surface area contributed by atoms with E-state index >= 15 is 0 Å². The molecule has 0 amide bonds. The molecule has 0 saturated heterocycles. The SMILES string of the molecule is CCc1ccc(-c2cc3c(C(C)(C)C)cccc3[cH-]2)s1.CCc1ccc(-c2cc3c(C(C)(C)C)cccc3[cH-]2)s1.[Cl-].[Cl-].[Zr+4]. The van der Waals surface area contributed by atoms with Gasteiger partial charge in [0.15, 0.2) is 0 Å². The van der Waals surface area contributed by atoms with Crippen LogP contribution in [-0.2, 0) is 49.9 Å². The normalized spacial score (nSPS) is 11.3. The summed E-state index contributed by atoms with van der Waals surface area (Å²) < 4.78 is 0. The maximum Gasteiger partial charge on any atom is 4.00 e. The van der Waals surface area contributed by atoms with Gasteiger partial charge in [0.05, 0.1) is 0 Å². The molecular formula is C38H42Cl2S2Zr. The number of halogens is 2. The maximum absolute atomic E-state index is 2.36. The predicted octanol–water partition coefficient (Wildman–Crippen LogP) is 6.30. The molecule has 0 bridgehead atoms. The van der Waals surface area contributed by atoms with E-state index in [1.54, 1.807) is 0 Å². The molecule has 0 atom stereocenters. The minimum Gasteiger partial charge on any atom is -1.00 e. The Bertz CT molecular complexity index is 1620. The fraction of sp³-hybridized carbons (Fsp3) is 0.316. The molecule has 43 heavy (non-hydrogen) atoms. The second-order valence-corrected chi connectivity index (χ2v) is 15.2. The summed E-state index contributed by atoms with van der Waals surface area (Å²) in [5, 5.41) is 5.53. The third-order valence-electron chi connectivity index (χ3n) is 7.71. The van der Waals surface area contributed by atoms with Gasteiger partial charge in [-0.15, -0.1) is 69.1 Å². The zero-order valence-electron chi connectivity index (χ0n) is 26.6. The van der Waals surface area contributed by atoms with E-state index in [0.29, 0.717) is 0 Å². The molecule has 5 heteroatoms. The summed E-state index contributed by atoms with van der Waals surface area (Å²) in [7, 11) is 0. The Morgan fingerprint density at radius 1 is 0.558 bits per heavy atom. The molecule has 4 aromatic carbocycles. The molecule has 0 saturated carbocycles. The van der Waals surface area contributed by atoms with E-state index in [9.17, 15) is 0 Å². The zero-order valence-corrected chi connectivity index (χ0v) is 32.2. The van der Waals surface area contributed by atoms with Crippen LogP contribution < -0.4 is 24.8 Å². The molecule has 0 aliphatic heterocycles. The second kappa shape index (κ2) is 15.2. The predicted molar refractivity (Wildman–Crippen MR) is 182 cm³/mol. The number of thiophene rings is 2. The van der Waals surface area contributed by atoms with E-state index in [-0.39, 0.29) is 61.8 Å². The average molecular weight is 725 g/mol. The van der Waals surface area contributed by atoms with Gasteiger partial charge in [-0.1, -0.05) is 115 Å². The number of benzene rings is 2. The Labute approximate surface area is 298 Å². The van der Waals surface area contributed by atoms with Crippen molar-refractivity contribution in [1.82, 2.24) is 0 Å². The fourth-order valence-corrected chi connectivity index (χ4v) is 7.38. The van der Waals surface area contributed by atoms with Crippen LogP contribution in [0.1, 0.15) is 76.3 Å². The Balaban J connectivity index is 0.000000281. The number of fused-ring (bicyclic) bond motifs is 2. The Kier molecular flexibility index (Phi) is 13.3. The van der Waals surface area contributed by atoms with Gasteiger partial charge in [-0.2, -0.15) is 22.7 Å². The molecule has 0 unspecified atom stereocenters. The number of hydrogen-bond donors (Lipinski definition) is 0. The average Bonchev–Trinajstić information content (AvgIpc) is 3.71. The number of hydrogen-bond acceptors (Lipinski definition) is 2. The molecule has 0 N–H and O–H groups in total. The molecule has 2 heterocycles. The maximum atomic E-state index is 2.36. The van der Waals surface area contributed by atoms with Crippen molar-refractivity contribution in [3.63, 3.8) is 0 Å². The van der Waals surface area contributed by atoms with Gasteiger partial charge in [0, 0.05) is 0 Å². The molecule has 0 aliphatic rings.